The Labute approximate surface area is 395 Å². The van der Waals surface area contributed by atoms with Gasteiger partial charge in [0.15, 0.2) is 25.0 Å². The van der Waals surface area contributed by atoms with Crippen molar-refractivity contribution in [2.75, 3.05) is 19.8 Å². The molecule has 0 bridgehead atoms. The normalized spacial score (nSPS) is 55.4. The molecule has 0 aromatic heterocycles. The van der Waals surface area contributed by atoms with Crippen molar-refractivity contribution >= 4 is 5.97 Å². The molecule has 14 N–H and O–H groups in total. The summed E-state index contributed by atoms with van der Waals surface area (Å²) in [6.07, 6.45) is -26.8. The molecule has 0 amide bonds. The number of hydrogen-bond acceptors (Lipinski definition) is 20. The Morgan fingerprint density at radius 3 is 1.94 bits per heavy atom. The molecule has 0 spiro atoms. The summed E-state index contributed by atoms with van der Waals surface area (Å²) in [5.41, 5.74) is -4.33. The van der Waals surface area contributed by atoms with E-state index in [1.807, 2.05) is 34.6 Å². The predicted molar refractivity (Wildman–Crippen MR) is 230 cm³/mol. The summed E-state index contributed by atoms with van der Waals surface area (Å²) in [6.45, 7) is 12.1. The molecular weight excluding hydrogens is 900 g/mol. The van der Waals surface area contributed by atoms with E-state index in [-0.39, 0.29) is 11.8 Å². The van der Waals surface area contributed by atoms with E-state index in [0.717, 1.165) is 5.57 Å². The Morgan fingerprint density at radius 1 is 0.676 bits per heavy atom. The van der Waals surface area contributed by atoms with Gasteiger partial charge in [-0.25, -0.2) is 4.79 Å². The standard InChI is InChI=1S/C47H76O21/c1-42(2)14-19-18-8-9-23-44(5)12-11-24(43(3,4)22(44)10-13-45(23,6)46(18,7)35(58)37(60)47(19,17-49)36(59)34(42)57)65-41-33(68-40-29(55)27(53)26(52)21(15-48)64-40)31(30(56)32(67-41)38(61)62)66-39-28(54)25(51)20(50)16-63-39/h8,19-37,39-41,48-60H,9-17H2,1-7H3,(H,61,62). The number of carboxylic acids is 1. The molecule has 4 saturated carbocycles. The molecule has 8 rings (SSSR count). The average Bonchev–Trinajstić information content (AvgIpc) is 3.28. The summed E-state index contributed by atoms with van der Waals surface area (Å²) < 4.78 is 36.1. The van der Waals surface area contributed by atoms with Crippen LogP contribution >= 0.6 is 0 Å². The second kappa shape index (κ2) is 18.1. The van der Waals surface area contributed by atoms with Gasteiger partial charge in [-0.2, -0.15) is 0 Å². The fraction of sp³-hybridized carbons (Fsp3) is 0.936. The first-order chi connectivity index (χ1) is 31.6. The minimum Gasteiger partial charge on any atom is -0.479 e. The van der Waals surface area contributed by atoms with Crippen molar-refractivity contribution in [3.8, 4) is 0 Å². The van der Waals surface area contributed by atoms with Gasteiger partial charge in [0.1, 0.15) is 61.0 Å². The highest BCUT2D eigenvalue weighted by atomic mass is 16.8. The minimum absolute atomic E-state index is 0.0772. The molecule has 21 nitrogen and oxygen atoms in total. The molecule has 3 aliphatic heterocycles. The van der Waals surface area contributed by atoms with Gasteiger partial charge in [-0.05, 0) is 77.9 Å². The number of carbonyl (C=O) groups is 1. The second-order valence-electron chi connectivity index (χ2n) is 23.3. The number of carboxylic acid groups (broad SMARTS) is 1. The summed E-state index contributed by atoms with van der Waals surface area (Å²) in [5, 5.41) is 154. The lowest BCUT2D eigenvalue weighted by Gasteiger charge is -2.73. The monoisotopic (exact) mass is 976 g/mol. The number of aliphatic carboxylic acids is 1. The maximum absolute atomic E-state index is 12.8. The molecule has 26 unspecified atom stereocenters. The highest BCUT2D eigenvalue weighted by molar-refractivity contribution is 5.73. The molecule has 68 heavy (non-hydrogen) atoms. The summed E-state index contributed by atoms with van der Waals surface area (Å²) in [7, 11) is 0. The van der Waals surface area contributed by atoms with E-state index in [1.165, 1.54) is 0 Å². The number of rotatable bonds is 9. The van der Waals surface area contributed by atoms with E-state index in [0.29, 0.717) is 38.5 Å². The van der Waals surface area contributed by atoms with Crippen LogP contribution in [0.15, 0.2) is 11.6 Å². The zero-order valence-electron chi connectivity index (χ0n) is 39.8. The number of allylic oxidation sites excluding steroid dienone is 1. The first kappa shape index (κ1) is 52.8. The number of aliphatic hydroxyl groups excluding tert-OH is 13. The van der Waals surface area contributed by atoms with Gasteiger partial charge >= 0.3 is 5.97 Å². The van der Waals surface area contributed by atoms with E-state index >= 15 is 0 Å². The molecule has 26 atom stereocenters. The van der Waals surface area contributed by atoms with Gasteiger partial charge in [-0.15, -0.1) is 0 Å². The van der Waals surface area contributed by atoms with Gasteiger partial charge in [0.25, 0.3) is 0 Å². The van der Waals surface area contributed by atoms with Gasteiger partial charge in [-0.1, -0.05) is 60.1 Å². The van der Waals surface area contributed by atoms with Crippen molar-refractivity contribution in [2.45, 2.75) is 204 Å². The number of aliphatic hydroxyl groups is 13. The lowest BCUT2D eigenvalue weighted by molar-refractivity contribution is -0.392. The lowest BCUT2D eigenvalue weighted by atomic mass is 9.32. The Balaban J connectivity index is 1.12. The van der Waals surface area contributed by atoms with Crippen LogP contribution in [0, 0.1) is 50.2 Å². The van der Waals surface area contributed by atoms with Gasteiger partial charge in [0.2, 0.25) is 0 Å². The molecule has 21 heteroatoms. The summed E-state index contributed by atoms with van der Waals surface area (Å²) in [4.78, 5) is 12.8. The van der Waals surface area contributed by atoms with Crippen molar-refractivity contribution in [1.29, 1.82) is 0 Å². The van der Waals surface area contributed by atoms with Crippen LogP contribution in [0.25, 0.3) is 0 Å². The van der Waals surface area contributed by atoms with Gasteiger partial charge in [-0.3, -0.25) is 0 Å². The van der Waals surface area contributed by atoms with Crippen LogP contribution in [-0.2, 0) is 33.2 Å². The van der Waals surface area contributed by atoms with Crippen LogP contribution in [0.3, 0.4) is 0 Å². The molecular formula is C47H76O21. The maximum Gasteiger partial charge on any atom is 0.335 e. The van der Waals surface area contributed by atoms with Crippen molar-refractivity contribution in [1.82, 2.24) is 0 Å². The molecule has 3 saturated heterocycles. The Kier molecular flexibility index (Phi) is 14.1. The Morgan fingerprint density at radius 2 is 1.31 bits per heavy atom. The molecule has 3 heterocycles. The van der Waals surface area contributed by atoms with Crippen LogP contribution in [0.2, 0.25) is 0 Å². The quantitative estimate of drug-likeness (QED) is 0.0821. The van der Waals surface area contributed by atoms with E-state index in [4.69, 9.17) is 28.4 Å². The zero-order valence-corrected chi connectivity index (χ0v) is 39.8. The fourth-order valence-corrected chi connectivity index (χ4v) is 15.2. The topological polar surface area (TPSA) is 356 Å². The Bertz CT molecular complexity index is 1880. The first-order valence-electron chi connectivity index (χ1n) is 24.1. The molecule has 390 valence electrons. The third-order valence-electron chi connectivity index (χ3n) is 19.4. The molecule has 8 aliphatic rings. The summed E-state index contributed by atoms with van der Waals surface area (Å²) in [6, 6.07) is 0. The van der Waals surface area contributed by atoms with E-state index in [1.54, 1.807) is 0 Å². The van der Waals surface area contributed by atoms with Crippen LogP contribution in [0.1, 0.15) is 87.0 Å². The SMILES string of the molecule is CC1(C)CC2C3=CCC4C5(C)CCC(OC6OC(C(=O)O)C(O)C(OC7OCC(O)C(O)C7O)C6OC6OC(CO)C(O)C(O)C6O)C(C)(C)C5CCC4(C)C3(C)C(O)C(O)C2(CO)C(O)C1O. The third-order valence-corrected chi connectivity index (χ3v) is 19.4. The third kappa shape index (κ3) is 7.54. The fourth-order valence-electron chi connectivity index (χ4n) is 15.2. The highest BCUT2D eigenvalue weighted by Crippen LogP contribution is 2.76. The van der Waals surface area contributed by atoms with Gasteiger partial charge in [0, 0.05) is 5.41 Å². The molecule has 7 fully saturated rings. The van der Waals surface area contributed by atoms with E-state index in [2.05, 4.69) is 19.9 Å². The van der Waals surface area contributed by atoms with Gasteiger partial charge in [0.05, 0.1) is 55.8 Å². The van der Waals surface area contributed by atoms with Crippen molar-refractivity contribution in [2.24, 2.45) is 50.2 Å². The highest BCUT2D eigenvalue weighted by Gasteiger charge is 2.75. The lowest BCUT2D eigenvalue weighted by Crippen LogP contribution is -2.76. The van der Waals surface area contributed by atoms with E-state index < -0.39 is 181 Å². The van der Waals surface area contributed by atoms with Crippen molar-refractivity contribution in [3.05, 3.63) is 11.6 Å². The smallest absolute Gasteiger partial charge is 0.335 e. The average molecular weight is 977 g/mol. The molecule has 0 aromatic carbocycles. The van der Waals surface area contributed by atoms with Crippen LogP contribution in [0.5, 0.6) is 0 Å². The first-order valence-corrected chi connectivity index (χ1v) is 24.1. The minimum atomic E-state index is -2.10. The predicted octanol–water partition coefficient (Wildman–Crippen LogP) is -2.77. The van der Waals surface area contributed by atoms with Crippen LogP contribution in [-0.4, -0.2) is 214 Å². The van der Waals surface area contributed by atoms with E-state index in [9.17, 15) is 76.3 Å². The second-order valence-corrected chi connectivity index (χ2v) is 23.3. The number of hydrogen-bond donors (Lipinski definition) is 14. The van der Waals surface area contributed by atoms with Gasteiger partial charge < -0.3 is 99.9 Å². The zero-order chi connectivity index (χ0) is 50.2. The number of fused-ring (bicyclic) bond motifs is 7. The summed E-state index contributed by atoms with van der Waals surface area (Å²) in [5.74, 6) is -2.36. The number of ether oxygens (including phenoxy) is 6. The molecule has 0 radical (unpaired) electrons. The largest absolute Gasteiger partial charge is 0.479 e. The van der Waals surface area contributed by atoms with Crippen molar-refractivity contribution in [3.63, 3.8) is 0 Å². The maximum atomic E-state index is 12.8. The Hall–Kier alpha value is -1.55. The molecule has 5 aliphatic carbocycles. The van der Waals surface area contributed by atoms with Crippen LogP contribution < -0.4 is 0 Å². The summed E-state index contributed by atoms with van der Waals surface area (Å²) >= 11 is 0. The van der Waals surface area contributed by atoms with Crippen LogP contribution in [0.4, 0.5) is 0 Å². The molecule has 0 aromatic rings. The van der Waals surface area contributed by atoms with Crippen molar-refractivity contribution < 1.29 is 105 Å².